The van der Waals surface area contributed by atoms with Crippen molar-refractivity contribution >= 4 is 0 Å². The smallest absolute Gasteiger partial charge is 0.203 e. The molecule has 1 aliphatic heterocycles. The second kappa shape index (κ2) is 9.36. The molecule has 0 amide bonds. The minimum atomic E-state index is -1.52. The van der Waals surface area contributed by atoms with Crippen molar-refractivity contribution < 1.29 is 39.7 Å². The highest BCUT2D eigenvalue weighted by molar-refractivity contribution is 5.51. The zero-order valence-corrected chi connectivity index (χ0v) is 14.9. The average Bonchev–Trinajstić information content (AvgIpc) is 2.66. The van der Waals surface area contributed by atoms with Crippen molar-refractivity contribution in [1.82, 2.24) is 4.90 Å². The third kappa shape index (κ3) is 4.20. The topological polar surface area (TPSA) is 132 Å². The lowest BCUT2D eigenvalue weighted by Gasteiger charge is -2.46. The van der Waals surface area contributed by atoms with Gasteiger partial charge in [0.2, 0.25) is 5.75 Å². The summed E-state index contributed by atoms with van der Waals surface area (Å²) < 4.78 is 16.2. The van der Waals surface area contributed by atoms with Crippen molar-refractivity contribution in [2.45, 2.75) is 37.0 Å². The summed E-state index contributed by atoms with van der Waals surface area (Å²) in [7, 11) is 3.04. The van der Waals surface area contributed by atoms with Crippen LogP contribution in [0, 0.1) is 0 Å². The van der Waals surface area contributed by atoms with Crippen LogP contribution in [-0.4, -0.2) is 95.0 Å². The van der Waals surface area contributed by atoms with Gasteiger partial charge in [-0.25, -0.2) is 0 Å². The Morgan fingerprint density at radius 1 is 0.962 bits per heavy atom. The van der Waals surface area contributed by atoms with E-state index in [0.717, 1.165) is 0 Å². The molecule has 1 unspecified atom stereocenters. The first kappa shape index (κ1) is 20.7. The lowest BCUT2D eigenvalue weighted by Crippen LogP contribution is -2.67. The van der Waals surface area contributed by atoms with Gasteiger partial charge in [0.1, 0.15) is 24.5 Å². The van der Waals surface area contributed by atoms with Crippen LogP contribution in [0.3, 0.4) is 0 Å². The molecule has 0 spiro atoms. The Morgan fingerprint density at radius 3 is 2.12 bits per heavy atom. The van der Waals surface area contributed by atoms with Gasteiger partial charge < -0.3 is 39.7 Å². The fraction of sp³-hybridized carbons (Fsp3) is 0.647. The molecule has 1 aromatic carbocycles. The van der Waals surface area contributed by atoms with E-state index in [1.807, 2.05) is 0 Å². The number of nitrogens with zero attached hydrogens (tertiary/aromatic N) is 1. The molecule has 5 N–H and O–H groups in total. The van der Waals surface area contributed by atoms with E-state index >= 15 is 0 Å². The van der Waals surface area contributed by atoms with Crippen LogP contribution in [0.15, 0.2) is 18.2 Å². The Bertz CT molecular complexity index is 549. The molecule has 26 heavy (non-hydrogen) atoms. The summed E-state index contributed by atoms with van der Waals surface area (Å²) in [5, 5.41) is 49.1. The number of aliphatic hydroxyl groups excluding tert-OH is 5. The minimum Gasteiger partial charge on any atom is -0.493 e. The monoisotopic (exact) mass is 373 g/mol. The second-order valence-corrected chi connectivity index (χ2v) is 6.07. The van der Waals surface area contributed by atoms with Crippen molar-refractivity contribution in [3.05, 3.63) is 18.2 Å². The van der Waals surface area contributed by atoms with Gasteiger partial charge in [-0.1, -0.05) is 6.07 Å². The van der Waals surface area contributed by atoms with Crippen LogP contribution in [0.25, 0.3) is 0 Å². The molecular formula is C17H27NO8. The van der Waals surface area contributed by atoms with Crippen molar-refractivity contribution in [2.75, 3.05) is 34.0 Å². The lowest BCUT2D eigenvalue weighted by molar-refractivity contribution is -0.223. The summed E-state index contributed by atoms with van der Waals surface area (Å²) in [6.07, 6.45) is -5.39. The van der Waals surface area contributed by atoms with Gasteiger partial charge in [-0.15, -0.1) is 0 Å². The van der Waals surface area contributed by atoms with E-state index in [-0.39, 0.29) is 13.2 Å². The molecule has 1 saturated heterocycles. The first-order chi connectivity index (χ1) is 12.5. The zero-order valence-electron chi connectivity index (χ0n) is 14.9. The Labute approximate surface area is 152 Å². The van der Waals surface area contributed by atoms with Crippen LogP contribution in [-0.2, 0) is 0 Å². The predicted molar refractivity (Wildman–Crippen MR) is 91.3 cm³/mol. The number of piperidine rings is 1. The summed E-state index contributed by atoms with van der Waals surface area (Å²) in [6.45, 7) is 0.000733. The number of benzene rings is 1. The largest absolute Gasteiger partial charge is 0.493 e. The van der Waals surface area contributed by atoms with E-state index in [0.29, 0.717) is 23.7 Å². The number of methoxy groups -OCH3 is 2. The molecular weight excluding hydrogens is 346 g/mol. The van der Waals surface area contributed by atoms with Crippen molar-refractivity contribution in [3.8, 4) is 17.2 Å². The number of hydrogen-bond acceptors (Lipinski definition) is 9. The molecule has 1 heterocycles. The van der Waals surface area contributed by atoms with E-state index < -0.39 is 37.2 Å². The summed E-state index contributed by atoms with van der Waals surface area (Å²) in [6, 6.07) is 4.36. The van der Waals surface area contributed by atoms with Gasteiger partial charge in [-0.05, 0) is 18.6 Å². The Hall–Kier alpha value is -1.62. The fourth-order valence-electron chi connectivity index (χ4n) is 3.09. The molecule has 0 saturated carbocycles. The quantitative estimate of drug-likeness (QED) is 0.347. The first-order valence-corrected chi connectivity index (χ1v) is 8.38. The normalized spacial score (nSPS) is 29.4. The minimum absolute atomic E-state index is 0.227. The van der Waals surface area contributed by atoms with Gasteiger partial charge in [0.05, 0.1) is 33.5 Å². The van der Waals surface area contributed by atoms with Crippen molar-refractivity contribution in [2.24, 2.45) is 0 Å². The Kier molecular flexibility index (Phi) is 7.44. The molecule has 9 heteroatoms. The number of likely N-dealkylation sites (tertiary alicyclic amines) is 1. The molecule has 0 radical (unpaired) electrons. The number of hydrogen-bond donors (Lipinski definition) is 5. The summed E-state index contributed by atoms with van der Waals surface area (Å²) in [4.78, 5) is 1.35. The first-order valence-electron chi connectivity index (χ1n) is 8.38. The van der Waals surface area contributed by atoms with Gasteiger partial charge in [0, 0.05) is 6.54 Å². The van der Waals surface area contributed by atoms with Crippen LogP contribution in [0.5, 0.6) is 17.2 Å². The molecule has 9 nitrogen and oxygen atoms in total. The van der Waals surface area contributed by atoms with Gasteiger partial charge in [0.15, 0.2) is 11.5 Å². The van der Waals surface area contributed by atoms with Crippen molar-refractivity contribution in [1.29, 1.82) is 0 Å². The third-order valence-electron chi connectivity index (χ3n) is 4.54. The SMILES string of the molecule is COc1cccc(OC)c1OCCCN1C(O)[C@H](O)[C@@H](O)[C@H](O)[C@H]1CO. The summed E-state index contributed by atoms with van der Waals surface area (Å²) >= 11 is 0. The Morgan fingerprint density at radius 2 is 1.58 bits per heavy atom. The zero-order chi connectivity index (χ0) is 19.3. The maximum Gasteiger partial charge on any atom is 0.203 e. The number of aliphatic hydroxyl groups is 5. The molecule has 0 aliphatic carbocycles. The highest BCUT2D eigenvalue weighted by atomic mass is 16.5. The molecule has 1 fully saturated rings. The number of ether oxygens (including phenoxy) is 3. The number of para-hydroxylation sites is 1. The van der Waals surface area contributed by atoms with Crippen LogP contribution in [0.4, 0.5) is 0 Å². The molecule has 1 aliphatic rings. The van der Waals surface area contributed by atoms with Crippen molar-refractivity contribution in [3.63, 3.8) is 0 Å². The van der Waals surface area contributed by atoms with Crippen LogP contribution in [0.2, 0.25) is 0 Å². The van der Waals surface area contributed by atoms with Gasteiger partial charge >= 0.3 is 0 Å². The average molecular weight is 373 g/mol. The standard InChI is InChI=1S/C17H27NO8/c1-24-11-5-3-6-12(25-2)16(11)26-8-4-7-18-10(9-19)13(20)14(21)15(22)17(18)23/h3,5-6,10,13-15,17,19-23H,4,7-9H2,1-2H3/t10-,13-,14+,15-,17?/m1/s1. The number of rotatable bonds is 8. The molecule has 2 rings (SSSR count). The van der Waals surface area contributed by atoms with E-state index in [2.05, 4.69) is 0 Å². The predicted octanol–water partition coefficient (Wildman–Crippen LogP) is -1.45. The Balaban J connectivity index is 1.97. The van der Waals surface area contributed by atoms with E-state index in [1.165, 1.54) is 19.1 Å². The van der Waals surface area contributed by atoms with E-state index in [9.17, 15) is 25.5 Å². The lowest BCUT2D eigenvalue weighted by atomic mass is 9.92. The fourth-order valence-corrected chi connectivity index (χ4v) is 3.09. The summed E-state index contributed by atoms with van der Waals surface area (Å²) in [5.41, 5.74) is 0. The van der Waals surface area contributed by atoms with E-state index in [4.69, 9.17) is 14.2 Å². The van der Waals surface area contributed by atoms with Gasteiger partial charge in [-0.2, -0.15) is 0 Å². The van der Waals surface area contributed by atoms with E-state index in [1.54, 1.807) is 18.2 Å². The summed E-state index contributed by atoms with van der Waals surface area (Å²) in [5.74, 6) is 1.49. The van der Waals surface area contributed by atoms with Crippen LogP contribution >= 0.6 is 0 Å². The molecule has 148 valence electrons. The van der Waals surface area contributed by atoms with Gasteiger partial charge in [0.25, 0.3) is 0 Å². The molecule has 5 atom stereocenters. The second-order valence-electron chi connectivity index (χ2n) is 6.07. The highest BCUT2D eigenvalue weighted by Crippen LogP contribution is 2.36. The van der Waals surface area contributed by atoms with Crippen LogP contribution in [0.1, 0.15) is 6.42 Å². The molecule has 0 bridgehead atoms. The van der Waals surface area contributed by atoms with Crippen LogP contribution < -0.4 is 14.2 Å². The maximum atomic E-state index is 10.1. The molecule has 1 aromatic rings. The maximum absolute atomic E-state index is 10.1. The highest BCUT2D eigenvalue weighted by Gasteiger charge is 2.46. The molecule has 0 aromatic heterocycles. The third-order valence-corrected chi connectivity index (χ3v) is 4.54. The van der Waals surface area contributed by atoms with Gasteiger partial charge in [-0.3, -0.25) is 4.90 Å².